The number of sulfone groups is 1. The maximum absolute atomic E-state index is 13.5. The Morgan fingerprint density at radius 3 is 2.43 bits per heavy atom. The van der Waals surface area contributed by atoms with E-state index < -0.39 is 33.5 Å². The van der Waals surface area contributed by atoms with Gasteiger partial charge in [0.25, 0.3) is 5.91 Å². The number of nitrogens with one attached hydrogen (secondary N) is 1. The fraction of sp³-hybridized carbons (Fsp3) is 0.423. The van der Waals surface area contributed by atoms with Crippen molar-refractivity contribution in [2.45, 2.75) is 56.7 Å². The van der Waals surface area contributed by atoms with Crippen molar-refractivity contribution in [3.8, 4) is 0 Å². The molecule has 0 unspecified atom stereocenters. The second-order valence-corrected chi connectivity index (χ2v) is 14.0. The fourth-order valence-electron chi connectivity index (χ4n) is 4.28. The van der Waals surface area contributed by atoms with Crippen LogP contribution in [0.15, 0.2) is 59.6 Å². The van der Waals surface area contributed by atoms with Gasteiger partial charge in [-0.25, -0.2) is 13.2 Å². The number of ether oxygens (including phenoxy) is 1. The number of carbonyl (C=O) groups is 2. The van der Waals surface area contributed by atoms with E-state index >= 15 is 0 Å². The number of fused-ring (bicyclic) bond motifs is 1. The maximum Gasteiger partial charge on any atom is 0.408 e. The van der Waals surface area contributed by atoms with Crippen molar-refractivity contribution in [1.82, 2.24) is 10.2 Å². The number of hydrogen-bond acceptors (Lipinski definition) is 6. The smallest absolute Gasteiger partial charge is 0.408 e. The molecule has 2 aliphatic rings. The molecule has 0 bridgehead atoms. The van der Waals surface area contributed by atoms with Gasteiger partial charge in [0.2, 0.25) is 0 Å². The highest BCUT2D eigenvalue weighted by atomic mass is 35.5. The third kappa shape index (κ3) is 7.49. The number of amidine groups is 1. The summed E-state index contributed by atoms with van der Waals surface area (Å²) in [6, 6.07) is 15.4. The number of amides is 2. The van der Waals surface area contributed by atoms with Gasteiger partial charge in [-0.15, -0.1) is 0 Å². The van der Waals surface area contributed by atoms with Crippen molar-refractivity contribution in [1.29, 1.82) is 0 Å². The van der Waals surface area contributed by atoms with E-state index in [1.54, 1.807) is 32.9 Å². The lowest BCUT2D eigenvalue weighted by Crippen LogP contribution is -2.45. The number of nitrogens with zero attached hydrogens (tertiary/aromatic N) is 2. The molecule has 3 atom stereocenters. The molecule has 8 nitrogen and oxygen atoms in total. The largest absolute Gasteiger partial charge is 0.444 e. The Morgan fingerprint density at radius 1 is 1.11 bits per heavy atom. The highest BCUT2D eigenvalue weighted by molar-refractivity contribution is 8.15. The molecule has 11 heteroatoms. The maximum atomic E-state index is 13.5. The Balaban J connectivity index is 1.60. The summed E-state index contributed by atoms with van der Waals surface area (Å²) in [7, 11) is -3.18. The molecule has 2 amide bonds. The van der Waals surface area contributed by atoms with Gasteiger partial charge in [-0.1, -0.05) is 65.8 Å². The van der Waals surface area contributed by atoms with Crippen LogP contribution in [-0.4, -0.2) is 64.9 Å². The molecular formula is C26H30ClN3O5S2. The van der Waals surface area contributed by atoms with Gasteiger partial charge in [-0.3, -0.25) is 4.79 Å². The molecule has 2 fully saturated rings. The summed E-state index contributed by atoms with van der Waals surface area (Å²) in [4.78, 5) is 32.3. The average molecular weight is 564 g/mol. The quantitative estimate of drug-likeness (QED) is 0.564. The molecule has 2 saturated heterocycles. The molecule has 0 radical (unpaired) electrons. The van der Waals surface area contributed by atoms with Crippen LogP contribution in [0.5, 0.6) is 0 Å². The van der Waals surface area contributed by atoms with E-state index in [0.717, 1.165) is 11.1 Å². The van der Waals surface area contributed by atoms with E-state index in [4.69, 9.17) is 16.3 Å². The Kier molecular flexibility index (Phi) is 8.20. The zero-order valence-corrected chi connectivity index (χ0v) is 23.3. The number of rotatable bonds is 6. The van der Waals surface area contributed by atoms with E-state index in [0.29, 0.717) is 16.7 Å². The predicted molar refractivity (Wildman–Crippen MR) is 147 cm³/mol. The highest BCUT2D eigenvalue weighted by Crippen LogP contribution is 2.39. The lowest BCUT2D eigenvalue weighted by atomic mass is 10.1. The van der Waals surface area contributed by atoms with Crippen LogP contribution in [0, 0.1) is 0 Å². The monoisotopic (exact) mass is 563 g/mol. The van der Waals surface area contributed by atoms with Gasteiger partial charge < -0.3 is 15.0 Å². The minimum atomic E-state index is -3.18. The van der Waals surface area contributed by atoms with Crippen LogP contribution >= 0.6 is 23.4 Å². The number of halogens is 1. The molecule has 1 N–H and O–H groups in total. The average Bonchev–Trinajstić information content (AvgIpc) is 3.25. The summed E-state index contributed by atoms with van der Waals surface area (Å²) < 4.78 is 30.0. The molecule has 198 valence electrons. The molecule has 37 heavy (non-hydrogen) atoms. The Bertz CT molecular complexity index is 1280. The third-order valence-corrected chi connectivity index (χ3v) is 9.42. The van der Waals surface area contributed by atoms with Gasteiger partial charge >= 0.3 is 6.09 Å². The molecule has 0 aliphatic carbocycles. The van der Waals surface area contributed by atoms with Gasteiger partial charge in [-0.05, 0) is 44.0 Å². The molecule has 0 saturated carbocycles. The van der Waals surface area contributed by atoms with E-state index in [2.05, 4.69) is 10.3 Å². The Labute approximate surface area is 226 Å². The summed E-state index contributed by atoms with van der Waals surface area (Å²) in [6.45, 7) is 5.63. The lowest BCUT2D eigenvalue weighted by Gasteiger charge is -2.25. The van der Waals surface area contributed by atoms with Crippen LogP contribution in [0.25, 0.3) is 0 Å². The molecule has 2 aromatic carbocycles. The van der Waals surface area contributed by atoms with Gasteiger partial charge in [0.15, 0.2) is 15.0 Å². The zero-order valence-electron chi connectivity index (χ0n) is 20.9. The van der Waals surface area contributed by atoms with Gasteiger partial charge in [-0.2, -0.15) is 4.99 Å². The first-order valence-electron chi connectivity index (χ1n) is 11.9. The summed E-state index contributed by atoms with van der Waals surface area (Å²) in [5, 5.41) is 3.51. The van der Waals surface area contributed by atoms with E-state index in [1.807, 2.05) is 47.4 Å². The third-order valence-electron chi connectivity index (χ3n) is 5.92. The van der Waals surface area contributed by atoms with Crippen LogP contribution in [0.2, 0.25) is 5.02 Å². The summed E-state index contributed by atoms with van der Waals surface area (Å²) in [5.41, 5.74) is 1.05. The number of thioether (sulfide) groups is 1. The fourth-order valence-corrected chi connectivity index (χ4v) is 8.36. The normalized spacial score (nSPS) is 22.5. The number of hydrogen-bond donors (Lipinski definition) is 1. The minimum Gasteiger partial charge on any atom is -0.444 e. The van der Waals surface area contributed by atoms with Crippen LogP contribution in [-0.2, 0) is 32.3 Å². The topological polar surface area (TPSA) is 105 Å². The molecule has 2 aliphatic heterocycles. The Morgan fingerprint density at radius 2 is 1.78 bits per heavy atom. The first kappa shape index (κ1) is 27.5. The summed E-state index contributed by atoms with van der Waals surface area (Å²) in [6.07, 6.45) is -0.472. The van der Waals surface area contributed by atoms with Crippen LogP contribution in [0.1, 0.15) is 31.9 Å². The Hall–Kier alpha value is -2.56. The van der Waals surface area contributed by atoms with E-state index in [-0.39, 0.29) is 29.2 Å². The van der Waals surface area contributed by atoms with Gasteiger partial charge in [0.05, 0.1) is 17.5 Å². The number of aliphatic imine (C=N–C) groups is 1. The summed E-state index contributed by atoms with van der Waals surface area (Å²) in [5.74, 6) is -0.480. The van der Waals surface area contributed by atoms with Crippen molar-refractivity contribution in [2.24, 2.45) is 4.99 Å². The van der Waals surface area contributed by atoms with Gasteiger partial charge in [0, 0.05) is 23.2 Å². The number of benzene rings is 2. The second-order valence-electron chi connectivity index (χ2n) is 10.2. The summed E-state index contributed by atoms with van der Waals surface area (Å²) >= 11 is 7.33. The lowest BCUT2D eigenvalue weighted by molar-refractivity contribution is -0.119. The van der Waals surface area contributed by atoms with E-state index in [9.17, 15) is 18.0 Å². The molecule has 0 aromatic heterocycles. The van der Waals surface area contributed by atoms with Crippen LogP contribution in [0.3, 0.4) is 0 Å². The van der Waals surface area contributed by atoms with Crippen molar-refractivity contribution < 1.29 is 22.7 Å². The van der Waals surface area contributed by atoms with Crippen LogP contribution < -0.4 is 5.32 Å². The van der Waals surface area contributed by atoms with Crippen molar-refractivity contribution in [3.63, 3.8) is 0 Å². The predicted octanol–water partition coefficient (Wildman–Crippen LogP) is 4.07. The SMILES string of the molecule is CC(C)(C)OC(=O)N[C@H](Cc1ccccc1)C(=O)N=C1S[C@H]2CS(=O)(=O)C[C@H]2N1Cc1ccc(Cl)cc1. The minimum absolute atomic E-state index is 0.00900. The van der Waals surface area contributed by atoms with Crippen molar-refractivity contribution in [3.05, 3.63) is 70.7 Å². The van der Waals surface area contributed by atoms with Crippen molar-refractivity contribution >= 4 is 50.4 Å². The number of alkyl carbamates (subject to hydrolysis) is 1. The van der Waals surface area contributed by atoms with Crippen molar-refractivity contribution in [2.75, 3.05) is 11.5 Å². The molecule has 4 rings (SSSR count). The second kappa shape index (κ2) is 11.0. The standard InChI is InChI=1S/C26H30ClN3O5S2/c1-26(2,3)35-25(32)28-20(13-17-7-5-4-6-8-17)23(31)29-24-30(14-18-9-11-19(27)12-10-18)21-15-37(33,34)16-22(21)36-24/h4-12,20-22H,13-16H2,1-3H3,(H,28,32)/t20-,21-,22+/m1/s1. The first-order valence-corrected chi connectivity index (χ1v) is 15.0. The molecular weight excluding hydrogens is 534 g/mol. The highest BCUT2D eigenvalue weighted by Gasteiger charge is 2.48. The molecule has 0 spiro atoms. The van der Waals surface area contributed by atoms with E-state index in [1.165, 1.54) is 11.8 Å². The zero-order chi connectivity index (χ0) is 26.8. The number of carbonyl (C=O) groups excluding carboxylic acids is 2. The molecule has 2 aromatic rings. The first-order chi connectivity index (χ1) is 17.4. The van der Waals surface area contributed by atoms with Gasteiger partial charge in [0.1, 0.15) is 11.6 Å². The van der Waals surface area contributed by atoms with Crippen LogP contribution in [0.4, 0.5) is 4.79 Å². The molecule has 2 heterocycles.